The van der Waals surface area contributed by atoms with E-state index in [0.717, 1.165) is 0 Å². The van der Waals surface area contributed by atoms with Crippen molar-refractivity contribution in [3.05, 3.63) is 59.7 Å². The molecule has 0 aliphatic rings. The minimum atomic E-state index is -1.51. The van der Waals surface area contributed by atoms with Gasteiger partial charge in [-0.2, -0.15) is 0 Å². The smallest absolute Gasteiger partial charge is 0.326 e. The van der Waals surface area contributed by atoms with Gasteiger partial charge in [-0.05, 0) is 61.6 Å². The molecule has 0 radical (unpaired) electrons. The molecule has 0 heterocycles. The van der Waals surface area contributed by atoms with Crippen LogP contribution in [0.25, 0.3) is 0 Å². The molecule has 0 aromatic heterocycles. The fraction of sp³-hybridized carbons (Fsp3) is 0.393. The van der Waals surface area contributed by atoms with Crippen LogP contribution in [0, 0.1) is 0 Å². The van der Waals surface area contributed by atoms with Crippen molar-refractivity contribution < 1.29 is 39.6 Å². The Morgan fingerprint density at radius 1 is 0.791 bits per heavy atom. The minimum Gasteiger partial charge on any atom is -0.508 e. The number of nitrogens with zero attached hydrogens (tertiary/aromatic N) is 1. The summed E-state index contributed by atoms with van der Waals surface area (Å²) in [6.45, 7) is 1.41. The van der Waals surface area contributed by atoms with Gasteiger partial charge in [0.15, 0.2) is 5.96 Å². The molecule has 43 heavy (non-hydrogen) atoms. The molecule has 0 aliphatic heterocycles. The van der Waals surface area contributed by atoms with Crippen LogP contribution in [0.2, 0.25) is 0 Å². The van der Waals surface area contributed by atoms with Crippen LogP contribution in [0.1, 0.15) is 30.9 Å². The van der Waals surface area contributed by atoms with Crippen LogP contribution in [-0.4, -0.2) is 86.9 Å². The first kappa shape index (κ1) is 34.3. The number of guanidine groups is 1. The number of aliphatic carboxylic acids is 1. The molecule has 2 aromatic rings. The van der Waals surface area contributed by atoms with E-state index in [1.807, 2.05) is 0 Å². The quantitative estimate of drug-likeness (QED) is 0.0581. The number of aliphatic imine (C=N–C) groups is 1. The number of hydrogen-bond donors (Lipinski definition) is 10. The first-order valence-corrected chi connectivity index (χ1v) is 13.5. The van der Waals surface area contributed by atoms with Gasteiger partial charge in [0.1, 0.15) is 29.6 Å². The third kappa shape index (κ3) is 11.9. The molecule has 13 N–H and O–H groups in total. The number of phenols is 2. The Balaban J connectivity index is 2.18. The van der Waals surface area contributed by atoms with E-state index in [2.05, 4.69) is 20.9 Å². The van der Waals surface area contributed by atoms with Crippen molar-refractivity contribution in [1.82, 2.24) is 16.0 Å². The van der Waals surface area contributed by atoms with E-state index in [-0.39, 0.29) is 49.7 Å². The second-order valence-electron chi connectivity index (χ2n) is 9.98. The Labute approximate surface area is 248 Å². The van der Waals surface area contributed by atoms with E-state index in [0.29, 0.717) is 11.1 Å². The molecule has 15 nitrogen and oxygen atoms in total. The summed E-state index contributed by atoms with van der Waals surface area (Å²) < 4.78 is 0. The van der Waals surface area contributed by atoms with Crippen molar-refractivity contribution in [2.75, 3.05) is 6.54 Å². The molecular weight excluding hydrogens is 562 g/mol. The van der Waals surface area contributed by atoms with E-state index in [9.17, 15) is 39.6 Å². The van der Waals surface area contributed by atoms with E-state index in [1.165, 1.54) is 43.3 Å². The third-order valence-corrected chi connectivity index (χ3v) is 6.36. The summed E-state index contributed by atoms with van der Waals surface area (Å²) in [5.74, 6) is -3.97. The van der Waals surface area contributed by atoms with Crippen molar-refractivity contribution in [2.45, 2.75) is 62.9 Å². The molecule has 3 amide bonds. The van der Waals surface area contributed by atoms with Gasteiger partial charge in [-0.3, -0.25) is 19.4 Å². The van der Waals surface area contributed by atoms with Crippen LogP contribution in [0.15, 0.2) is 53.5 Å². The van der Waals surface area contributed by atoms with E-state index < -0.39 is 54.0 Å². The van der Waals surface area contributed by atoms with E-state index in [1.54, 1.807) is 12.1 Å². The summed E-state index contributed by atoms with van der Waals surface area (Å²) in [6.07, 6.45) is -1.21. The lowest BCUT2D eigenvalue weighted by molar-refractivity contribution is -0.142. The Morgan fingerprint density at radius 2 is 1.30 bits per heavy atom. The lowest BCUT2D eigenvalue weighted by atomic mass is 10.0. The van der Waals surface area contributed by atoms with Gasteiger partial charge in [0.05, 0.1) is 12.1 Å². The lowest BCUT2D eigenvalue weighted by Gasteiger charge is -2.26. The van der Waals surface area contributed by atoms with Gasteiger partial charge in [0.2, 0.25) is 17.7 Å². The number of aromatic hydroxyl groups is 2. The molecule has 15 heteroatoms. The SMILES string of the molecule is CC(O)C(NC(=O)C(N)Cc1ccc(O)cc1)C(=O)NC(Cc1ccc(O)cc1)C(=O)NC(CCCN=C(N)N)C(=O)O. The topological polar surface area (TPSA) is 276 Å². The molecule has 5 atom stereocenters. The van der Waals surface area contributed by atoms with Crippen LogP contribution in [0.4, 0.5) is 0 Å². The van der Waals surface area contributed by atoms with Crippen molar-refractivity contribution in [3.8, 4) is 11.5 Å². The Bertz CT molecular complexity index is 1260. The monoisotopic (exact) mass is 601 g/mol. The van der Waals surface area contributed by atoms with Gasteiger partial charge in [-0.15, -0.1) is 0 Å². The van der Waals surface area contributed by atoms with Crippen molar-refractivity contribution in [2.24, 2.45) is 22.2 Å². The summed E-state index contributed by atoms with van der Waals surface area (Å²) in [5.41, 5.74) is 17.7. The van der Waals surface area contributed by atoms with Gasteiger partial charge < -0.3 is 53.6 Å². The van der Waals surface area contributed by atoms with Gasteiger partial charge in [-0.25, -0.2) is 4.79 Å². The summed E-state index contributed by atoms with van der Waals surface area (Å²) in [7, 11) is 0. The number of carboxylic acids is 1. The largest absolute Gasteiger partial charge is 0.508 e. The predicted octanol–water partition coefficient (Wildman–Crippen LogP) is -1.82. The van der Waals surface area contributed by atoms with Crippen LogP contribution in [0.5, 0.6) is 11.5 Å². The first-order valence-electron chi connectivity index (χ1n) is 13.5. The predicted molar refractivity (Wildman–Crippen MR) is 157 cm³/mol. The standard InChI is InChI=1S/C28H39N7O8/c1-15(36)23(35-24(39)20(29)13-16-4-8-18(37)9-5-16)26(41)34-22(14-17-6-10-19(38)11-7-17)25(40)33-21(27(42)43)3-2-12-32-28(30)31/h4-11,15,20-23,36-38H,2-3,12-14,29H2,1H3,(H,33,40)(H,34,41)(H,35,39)(H,42,43)(H4,30,31,32). The second-order valence-corrected chi connectivity index (χ2v) is 9.98. The zero-order valence-electron chi connectivity index (χ0n) is 23.6. The lowest BCUT2D eigenvalue weighted by Crippen LogP contribution is -2.60. The van der Waals surface area contributed by atoms with E-state index in [4.69, 9.17) is 17.2 Å². The highest BCUT2D eigenvalue weighted by Gasteiger charge is 2.32. The fourth-order valence-electron chi connectivity index (χ4n) is 4.02. The minimum absolute atomic E-state index is 0.0109. The molecule has 0 saturated heterocycles. The van der Waals surface area contributed by atoms with Gasteiger partial charge >= 0.3 is 5.97 Å². The number of hydrogen-bond acceptors (Lipinski definition) is 9. The maximum Gasteiger partial charge on any atom is 0.326 e. The van der Waals surface area contributed by atoms with Gasteiger partial charge in [0.25, 0.3) is 0 Å². The number of aliphatic hydroxyl groups is 1. The molecular formula is C28H39N7O8. The number of carbonyl (C=O) groups is 4. The van der Waals surface area contributed by atoms with Crippen molar-refractivity contribution >= 4 is 29.7 Å². The molecule has 2 rings (SSSR count). The Kier molecular flexibility index (Phi) is 13.2. The highest BCUT2D eigenvalue weighted by Crippen LogP contribution is 2.13. The maximum atomic E-state index is 13.3. The normalized spacial score (nSPS) is 14.3. The Hall–Kier alpha value is -4.89. The number of benzene rings is 2. The summed E-state index contributed by atoms with van der Waals surface area (Å²) in [6, 6.07) is 6.55. The van der Waals surface area contributed by atoms with Crippen molar-refractivity contribution in [3.63, 3.8) is 0 Å². The first-order chi connectivity index (χ1) is 20.3. The molecule has 0 bridgehead atoms. The van der Waals surface area contributed by atoms with Crippen LogP contribution < -0.4 is 33.2 Å². The molecule has 2 aromatic carbocycles. The number of phenolic OH excluding ortho intramolecular Hbond substituents is 2. The number of amides is 3. The molecule has 234 valence electrons. The zero-order chi connectivity index (χ0) is 32.1. The van der Waals surface area contributed by atoms with Crippen LogP contribution >= 0.6 is 0 Å². The number of nitrogens with one attached hydrogen (secondary N) is 3. The number of carboxylic acid groups (broad SMARTS) is 1. The average Bonchev–Trinajstić information content (AvgIpc) is 2.94. The van der Waals surface area contributed by atoms with Gasteiger partial charge in [-0.1, -0.05) is 24.3 Å². The highest BCUT2D eigenvalue weighted by molar-refractivity contribution is 5.94. The molecule has 0 fully saturated rings. The number of rotatable bonds is 16. The summed E-state index contributed by atoms with van der Waals surface area (Å²) in [5, 5.41) is 46.2. The van der Waals surface area contributed by atoms with E-state index >= 15 is 0 Å². The van der Waals surface area contributed by atoms with Crippen LogP contribution in [-0.2, 0) is 32.0 Å². The second kappa shape index (κ2) is 16.5. The summed E-state index contributed by atoms with van der Waals surface area (Å²) >= 11 is 0. The third-order valence-electron chi connectivity index (χ3n) is 6.36. The average molecular weight is 602 g/mol. The zero-order valence-corrected chi connectivity index (χ0v) is 23.6. The number of carbonyl (C=O) groups excluding carboxylic acids is 3. The highest BCUT2D eigenvalue weighted by atomic mass is 16.4. The number of nitrogens with two attached hydrogens (primary N) is 3. The molecule has 0 spiro atoms. The number of aliphatic hydroxyl groups excluding tert-OH is 1. The van der Waals surface area contributed by atoms with Crippen LogP contribution in [0.3, 0.4) is 0 Å². The molecule has 0 aliphatic carbocycles. The molecule has 0 saturated carbocycles. The Morgan fingerprint density at radius 3 is 1.79 bits per heavy atom. The molecule has 5 unspecified atom stereocenters. The van der Waals surface area contributed by atoms with Crippen molar-refractivity contribution in [1.29, 1.82) is 0 Å². The fourth-order valence-corrected chi connectivity index (χ4v) is 4.02. The van der Waals surface area contributed by atoms with Gasteiger partial charge in [0, 0.05) is 13.0 Å². The summed E-state index contributed by atoms with van der Waals surface area (Å²) in [4.78, 5) is 54.9. The maximum absolute atomic E-state index is 13.3.